The van der Waals surface area contributed by atoms with Crippen LogP contribution in [0.2, 0.25) is 0 Å². The smallest absolute Gasteiger partial charge is 0.329 e. The number of ether oxygens (including phenoxy) is 1. The second-order valence-electron chi connectivity index (χ2n) is 5.12. The van der Waals surface area contributed by atoms with E-state index in [2.05, 4.69) is 26.2 Å². The lowest BCUT2D eigenvalue weighted by molar-refractivity contribution is -0.145. The topological polar surface area (TPSA) is 71.5 Å². The lowest BCUT2D eigenvalue weighted by atomic mass is 9.90. The summed E-state index contributed by atoms with van der Waals surface area (Å²) in [5, 5.41) is 14.7. The van der Waals surface area contributed by atoms with E-state index in [-0.39, 0.29) is 0 Å². The molecular formula is C15H15BrN2O3. The van der Waals surface area contributed by atoms with Gasteiger partial charge in [0.2, 0.25) is 0 Å². The van der Waals surface area contributed by atoms with Gasteiger partial charge in [-0.1, -0.05) is 28.1 Å². The normalized spacial score (nSPS) is 17.6. The van der Waals surface area contributed by atoms with E-state index in [0.717, 1.165) is 15.2 Å². The van der Waals surface area contributed by atoms with Gasteiger partial charge in [0.05, 0.1) is 0 Å². The minimum atomic E-state index is -1.01. The van der Waals surface area contributed by atoms with Crippen molar-refractivity contribution < 1.29 is 14.6 Å². The fourth-order valence-corrected chi connectivity index (χ4v) is 3.11. The third kappa shape index (κ3) is 2.61. The van der Waals surface area contributed by atoms with Crippen LogP contribution in [0.1, 0.15) is 12.8 Å². The number of rotatable bonds is 3. The molecule has 1 aliphatic rings. The number of aliphatic carboxylic acids is 1. The van der Waals surface area contributed by atoms with Crippen LogP contribution in [0.25, 0.3) is 10.8 Å². The van der Waals surface area contributed by atoms with Crippen LogP contribution in [0.3, 0.4) is 0 Å². The molecule has 1 saturated heterocycles. The summed E-state index contributed by atoms with van der Waals surface area (Å²) in [6.07, 6.45) is 2.53. The first-order valence-corrected chi connectivity index (χ1v) is 7.54. The molecule has 0 amide bonds. The molecule has 2 N–H and O–H groups in total. The van der Waals surface area contributed by atoms with Crippen LogP contribution in [0.15, 0.2) is 34.9 Å². The number of hydrogen-bond donors (Lipinski definition) is 2. The molecule has 0 unspecified atom stereocenters. The first-order valence-electron chi connectivity index (χ1n) is 6.75. The van der Waals surface area contributed by atoms with Crippen LogP contribution < -0.4 is 5.32 Å². The second kappa shape index (κ2) is 5.61. The summed E-state index contributed by atoms with van der Waals surface area (Å²) >= 11 is 3.51. The molecule has 0 saturated carbocycles. The SMILES string of the molecule is O=C(O)C1(Nc2nccc3c(Br)cccc23)CCOCC1. The number of anilines is 1. The molecule has 3 rings (SSSR count). The summed E-state index contributed by atoms with van der Waals surface area (Å²) in [7, 11) is 0. The zero-order valence-corrected chi connectivity index (χ0v) is 12.9. The molecule has 2 aromatic rings. The first-order chi connectivity index (χ1) is 10.1. The van der Waals surface area contributed by atoms with Crippen molar-refractivity contribution in [2.75, 3.05) is 18.5 Å². The zero-order chi connectivity index (χ0) is 14.9. The fraction of sp³-hybridized carbons (Fsp3) is 0.333. The van der Waals surface area contributed by atoms with E-state index in [0.29, 0.717) is 31.9 Å². The molecule has 0 bridgehead atoms. The molecule has 0 radical (unpaired) electrons. The molecule has 1 fully saturated rings. The van der Waals surface area contributed by atoms with Crippen molar-refractivity contribution in [3.8, 4) is 0 Å². The van der Waals surface area contributed by atoms with Crippen LogP contribution in [-0.2, 0) is 9.53 Å². The third-order valence-electron chi connectivity index (χ3n) is 3.87. The average molecular weight is 351 g/mol. The van der Waals surface area contributed by atoms with Crippen LogP contribution in [-0.4, -0.2) is 34.8 Å². The Kier molecular flexibility index (Phi) is 3.82. The Bertz CT molecular complexity index is 684. The number of halogens is 1. The van der Waals surface area contributed by atoms with Gasteiger partial charge < -0.3 is 15.2 Å². The summed E-state index contributed by atoms with van der Waals surface area (Å²) in [5.41, 5.74) is -1.01. The highest BCUT2D eigenvalue weighted by atomic mass is 79.9. The molecule has 5 nitrogen and oxygen atoms in total. The van der Waals surface area contributed by atoms with E-state index >= 15 is 0 Å². The van der Waals surface area contributed by atoms with Crippen molar-refractivity contribution >= 4 is 38.5 Å². The van der Waals surface area contributed by atoms with Crippen molar-refractivity contribution in [1.82, 2.24) is 4.98 Å². The molecule has 6 heteroatoms. The number of benzene rings is 1. The second-order valence-corrected chi connectivity index (χ2v) is 5.97. The number of carboxylic acids is 1. The summed E-state index contributed by atoms with van der Waals surface area (Å²) in [6, 6.07) is 7.70. The number of carboxylic acid groups (broad SMARTS) is 1. The maximum Gasteiger partial charge on any atom is 0.329 e. The summed E-state index contributed by atoms with van der Waals surface area (Å²) in [4.78, 5) is 16.1. The van der Waals surface area contributed by atoms with Crippen LogP contribution >= 0.6 is 15.9 Å². The average Bonchev–Trinajstić information content (AvgIpc) is 2.49. The van der Waals surface area contributed by atoms with Crippen molar-refractivity contribution in [1.29, 1.82) is 0 Å². The highest BCUT2D eigenvalue weighted by Gasteiger charge is 2.40. The number of nitrogens with one attached hydrogen (secondary N) is 1. The van der Waals surface area contributed by atoms with Crippen LogP contribution in [0.5, 0.6) is 0 Å². The number of pyridine rings is 1. The highest BCUT2D eigenvalue weighted by Crippen LogP contribution is 2.32. The Hall–Kier alpha value is -1.66. The van der Waals surface area contributed by atoms with E-state index in [1.165, 1.54) is 0 Å². The summed E-state index contributed by atoms with van der Waals surface area (Å²) in [5.74, 6) is -0.266. The van der Waals surface area contributed by atoms with Gasteiger partial charge in [-0.2, -0.15) is 0 Å². The van der Waals surface area contributed by atoms with Crippen LogP contribution in [0.4, 0.5) is 5.82 Å². The molecule has 0 atom stereocenters. The van der Waals surface area contributed by atoms with Gasteiger partial charge >= 0.3 is 5.97 Å². The van der Waals surface area contributed by atoms with Gasteiger partial charge in [0.1, 0.15) is 11.4 Å². The largest absolute Gasteiger partial charge is 0.480 e. The van der Waals surface area contributed by atoms with Gasteiger partial charge in [-0.25, -0.2) is 9.78 Å². The van der Waals surface area contributed by atoms with Crippen molar-refractivity contribution in [2.45, 2.75) is 18.4 Å². The Morgan fingerprint density at radius 3 is 2.76 bits per heavy atom. The minimum Gasteiger partial charge on any atom is -0.480 e. The van der Waals surface area contributed by atoms with Gasteiger partial charge in [0, 0.05) is 47.5 Å². The lowest BCUT2D eigenvalue weighted by Gasteiger charge is -2.34. The number of fused-ring (bicyclic) bond motifs is 1. The molecule has 0 aliphatic carbocycles. The van der Waals surface area contributed by atoms with Gasteiger partial charge in [0.15, 0.2) is 0 Å². The van der Waals surface area contributed by atoms with E-state index in [9.17, 15) is 9.90 Å². The Morgan fingerprint density at radius 2 is 2.05 bits per heavy atom. The monoisotopic (exact) mass is 350 g/mol. The van der Waals surface area contributed by atoms with Crippen molar-refractivity contribution in [2.24, 2.45) is 0 Å². The summed E-state index contributed by atoms with van der Waals surface area (Å²) in [6.45, 7) is 0.877. The number of aromatic nitrogens is 1. The van der Waals surface area contributed by atoms with Gasteiger partial charge in [-0.3, -0.25) is 0 Å². The van der Waals surface area contributed by atoms with Crippen molar-refractivity contribution in [3.05, 3.63) is 34.9 Å². The van der Waals surface area contributed by atoms with E-state index in [1.54, 1.807) is 6.20 Å². The molecular weight excluding hydrogens is 336 g/mol. The maximum atomic E-state index is 11.7. The van der Waals surface area contributed by atoms with Crippen LogP contribution in [0, 0.1) is 0 Å². The number of hydrogen-bond acceptors (Lipinski definition) is 4. The predicted molar refractivity (Wildman–Crippen MR) is 83.5 cm³/mol. The molecule has 21 heavy (non-hydrogen) atoms. The minimum absolute atomic E-state index is 0.425. The zero-order valence-electron chi connectivity index (χ0n) is 11.3. The van der Waals surface area contributed by atoms with Gasteiger partial charge in [0.25, 0.3) is 0 Å². The third-order valence-corrected chi connectivity index (χ3v) is 4.56. The Balaban J connectivity index is 2.04. The van der Waals surface area contributed by atoms with Crippen molar-refractivity contribution in [3.63, 3.8) is 0 Å². The fourth-order valence-electron chi connectivity index (χ4n) is 2.61. The Labute approximate surface area is 130 Å². The maximum absolute atomic E-state index is 11.7. The van der Waals surface area contributed by atoms with E-state index < -0.39 is 11.5 Å². The van der Waals surface area contributed by atoms with Gasteiger partial charge in [-0.05, 0) is 12.1 Å². The molecule has 2 heterocycles. The van der Waals surface area contributed by atoms with E-state index in [1.807, 2.05) is 24.3 Å². The standard InChI is InChI=1S/C15H15BrN2O3/c16-12-3-1-2-11-10(12)4-7-17-13(11)18-15(14(19)20)5-8-21-9-6-15/h1-4,7H,5-6,8-9H2,(H,17,18)(H,19,20). The van der Waals surface area contributed by atoms with Gasteiger partial charge in [-0.15, -0.1) is 0 Å². The molecule has 1 aromatic heterocycles. The lowest BCUT2D eigenvalue weighted by Crippen LogP contribution is -2.50. The first kappa shape index (κ1) is 14.3. The highest BCUT2D eigenvalue weighted by molar-refractivity contribution is 9.10. The molecule has 0 spiro atoms. The molecule has 1 aromatic carbocycles. The predicted octanol–water partition coefficient (Wildman–Crippen LogP) is 3.04. The Morgan fingerprint density at radius 1 is 1.29 bits per heavy atom. The molecule has 1 aliphatic heterocycles. The van der Waals surface area contributed by atoms with E-state index in [4.69, 9.17) is 4.74 Å². The number of carbonyl (C=O) groups is 1. The summed E-state index contributed by atoms with van der Waals surface area (Å²) < 4.78 is 6.25. The molecule has 110 valence electrons. The number of nitrogens with zero attached hydrogens (tertiary/aromatic N) is 1. The quantitative estimate of drug-likeness (QED) is 0.889.